The van der Waals surface area contributed by atoms with Crippen molar-refractivity contribution in [2.45, 2.75) is 32.5 Å². The zero-order valence-electron chi connectivity index (χ0n) is 17.0. The standard InChI is InChI=1S/C23H25FN2O4/c1-15-11-26(16(2)10-25(15)12-17-3-5-18(24)6-4-17)23(28)14-29-19-7-8-20-21(27)13-30-22(20)9-19/h3-9,13,15-16,27H,10-12,14H2,1-2H3/t15-,16+/m0/s1. The van der Waals surface area contributed by atoms with Gasteiger partial charge < -0.3 is 19.2 Å². The van der Waals surface area contributed by atoms with Crippen LogP contribution >= 0.6 is 0 Å². The smallest absolute Gasteiger partial charge is 0.260 e. The van der Waals surface area contributed by atoms with Crippen LogP contribution < -0.4 is 4.74 Å². The third-order valence-corrected chi connectivity index (χ3v) is 5.62. The highest BCUT2D eigenvalue weighted by Gasteiger charge is 2.32. The van der Waals surface area contributed by atoms with Gasteiger partial charge in [0.1, 0.15) is 23.4 Å². The topological polar surface area (TPSA) is 66.2 Å². The fourth-order valence-electron chi connectivity index (χ4n) is 3.90. The largest absolute Gasteiger partial charge is 0.504 e. The number of ether oxygens (including phenoxy) is 1. The molecule has 2 heterocycles. The molecule has 1 saturated heterocycles. The van der Waals surface area contributed by atoms with E-state index in [0.29, 0.717) is 23.3 Å². The van der Waals surface area contributed by atoms with Crippen LogP contribution in [0, 0.1) is 5.82 Å². The lowest BCUT2D eigenvalue weighted by molar-refractivity contribution is -0.139. The molecule has 1 aliphatic heterocycles. The third kappa shape index (κ3) is 4.26. The average Bonchev–Trinajstić information content (AvgIpc) is 3.10. The molecule has 7 heteroatoms. The van der Waals surface area contributed by atoms with Crippen LogP contribution in [0.3, 0.4) is 0 Å². The number of carbonyl (C=O) groups excluding carboxylic acids is 1. The van der Waals surface area contributed by atoms with Crippen LogP contribution in [0.1, 0.15) is 19.4 Å². The molecule has 0 aliphatic carbocycles. The molecular formula is C23H25FN2O4. The Balaban J connectivity index is 1.34. The number of carbonyl (C=O) groups is 1. The summed E-state index contributed by atoms with van der Waals surface area (Å²) in [4.78, 5) is 16.9. The zero-order valence-corrected chi connectivity index (χ0v) is 17.0. The number of benzene rings is 2. The number of furan rings is 1. The van der Waals surface area contributed by atoms with Crippen LogP contribution in [0.2, 0.25) is 0 Å². The second-order valence-corrected chi connectivity index (χ2v) is 7.87. The molecule has 30 heavy (non-hydrogen) atoms. The molecular weight excluding hydrogens is 387 g/mol. The minimum Gasteiger partial charge on any atom is -0.504 e. The first-order chi connectivity index (χ1) is 14.4. The Morgan fingerprint density at radius 1 is 1.17 bits per heavy atom. The summed E-state index contributed by atoms with van der Waals surface area (Å²) >= 11 is 0. The summed E-state index contributed by atoms with van der Waals surface area (Å²) in [7, 11) is 0. The van der Waals surface area contributed by atoms with Gasteiger partial charge in [-0.3, -0.25) is 9.69 Å². The van der Waals surface area contributed by atoms with Gasteiger partial charge in [-0.15, -0.1) is 0 Å². The Bertz CT molecular complexity index is 1030. The second kappa shape index (κ2) is 8.36. The third-order valence-electron chi connectivity index (χ3n) is 5.62. The molecule has 4 rings (SSSR count). The van der Waals surface area contributed by atoms with E-state index in [-0.39, 0.29) is 36.2 Å². The Hall–Kier alpha value is -3.06. The lowest BCUT2D eigenvalue weighted by atomic mass is 10.1. The first kappa shape index (κ1) is 20.2. The van der Waals surface area contributed by atoms with Gasteiger partial charge in [-0.05, 0) is 43.7 Å². The molecule has 1 fully saturated rings. The predicted octanol–water partition coefficient (Wildman–Crippen LogP) is 3.78. The van der Waals surface area contributed by atoms with Crippen molar-refractivity contribution in [3.05, 3.63) is 60.1 Å². The van der Waals surface area contributed by atoms with E-state index in [4.69, 9.17) is 9.15 Å². The highest BCUT2D eigenvalue weighted by molar-refractivity contribution is 5.85. The van der Waals surface area contributed by atoms with Crippen LogP contribution in [0.25, 0.3) is 11.0 Å². The first-order valence-electron chi connectivity index (χ1n) is 10.0. The molecule has 0 saturated carbocycles. The SMILES string of the molecule is C[C@@H]1CN(Cc2ccc(F)cc2)[C@@H](C)CN1C(=O)COc1ccc2c(O)coc2c1. The second-order valence-electron chi connectivity index (χ2n) is 7.87. The van der Waals surface area contributed by atoms with Gasteiger partial charge in [0, 0.05) is 37.8 Å². The normalized spacial score (nSPS) is 19.9. The van der Waals surface area contributed by atoms with Crippen LogP contribution in [0.15, 0.2) is 53.1 Å². The van der Waals surface area contributed by atoms with E-state index in [9.17, 15) is 14.3 Å². The number of hydrogen-bond donors (Lipinski definition) is 1. The molecule has 158 valence electrons. The van der Waals surface area contributed by atoms with Gasteiger partial charge >= 0.3 is 0 Å². The highest BCUT2D eigenvalue weighted by atomic mass is 19.1. The van der Waals surface area contributed by atoms with Gasteiger partial charge in [0.15, 0.2) is 12.4 Å². The summed E-state index contributed by atoms with van der Waals surface area (Å²) in [5, 5.41) is 10.3. The van der Waals surface area contributed by atoms with E-state index in [1.54, 1.807) is 30.3 Å². The molecule has 2 atom stereocenters. The predicted molar refractivity (Wildman–Crippen MR) is 111 cm³/mol. The number of hydrogen-bond acceptors (Lipinski definition) is 5. The molecule has 6 nitrogen and oxygen atoms in total. The van der Waals surface area contributed by atoms with Crippen molar-refractivity contribution in [2.75, 3.05) is 19.7 Å². The minimum absolute atomic E-state index is 0.0437. The van der Waals surface area contributed by atoms with Crippen molar-refractivity contribution >= 4 is 16.9 Å². The number of aromatic hydroxyl groups is 1. The van der Waals surface area contributed by atoms with Crippen LogP contribution in [0.5, 0.6) is 11.5 Å². The molecule has 1 amide bonds. The Morgan fingerprint density at radius 3 is 2.70 bits per heavy atom. The summed E-state index contributed by atoms with van der Waals surface area (Å²) in [6, 6.07) is 11.8. The van der Waals surface area contributed by atoms with Gasteiger partial charge in [-0.2, -0.15) is 0 Å². The summed E-state index contributed by atoms with van der Waals surface area (Å²) in [5.41, 5.74) is 1.56. The fraction of sp³-hybridized carbons (Fsp3) is 0.348. The lowest BCUT2D eigenvalue weighted by Gasteiger charge is -2.44. The van der Waals surface area contributed by atoms with E-state index < -0.39 is 0 Å². The molecule has 1 aromatic heterocycles. The Kier molecular flexibility index (Phi) is 5.63. The minimum atomic E-state index is -0.237. The molecule has 1 N–H and O–H groups in total. The number of rotatable bonds is 5. The van der Waals surface area contributed by atoms with Crippen molar-refractivity contribution in [3.63, 3.8) is 0 Å². The van der Waals surface area contributed by atoms with Gasteiger partial charge in [0.05, 0.1) is 5.39 Å². The van der Waals surface area contributed by atoms with Crippen molar-refractivity contribution in [1.82, 2.24) is 9.80 Å². The van der Waals surface area contributed by atoms with Crippen LogP contribution in [-0.4, -0.2) is 52.6 Å². The van der Waals surface area contributed by atoms with Crippen LogP contribution in [0.4, 0.5) is 4.39 Å². The Labute approximate surface area is 174 Å². The zero-order chi connectivity index (χ0) is 21.3. The molecule has 0 unspecified atom stereocenters. The maximum Gasteiger partial charge on any atom is 0.260 e. The maximum absolute atomic E-state index is 13.1. The number of halogens is 1. The monoisotopic (exact) mass is 412 g/mol. The van der Waals surface area contributed by atoms with E-state index in [2.05, 4.69) is 11.8 Å². The summed E-state index contributed by atoms with van der Waals surface area (Å²) in [6.07, 6.45) is 1.27. The molecule has 0 radical (unpaired) electrons. The van der Waals surface area contributed by atoms with E-state index in [1.807, 2.05) is 11.8 Å². The molecule has 2 aromatic carbocycles. The molecule has 3 aromatic rings. The molecule has 1 aliphatic rings. The molecule has 0 bridgehead atoms. The number of piperazine rings is 1. The summed E-state index contributed by atoms with van der Waals surface area (Å²) < 4.78 is 24.1. The van der Waals surface area contributed by atoms with E-state index >= 15 is 0 Å². The molecule has 0 spiro atoms. The summed E-state index contributed by atoms with van der Waals surface area (Å²) in [5.74, 6) is 0.284. The van der Waals surface area contributed by atoms with Gasteiger partial charge in [-0.1, -0.05) is 12.1 Å². The highest BCUT2D eigenvalue weighted by Crippen LogP contribution is 2.29. The van der Waals surface area contributed by atoms with E-state index in [0.717, 1.165) is 18.7 Å². The van der Waals surface area contributed by atoms with Crippen molar-refractivity contribution < 1.29 is 23.4 Å². The quantitative estimate of drug-likeness (QED) is 0.691. The first-order valence-corrected chi connectivity index (χ1v) is 10.0. The number of amides is 1. The van der Waals surface area contributed by atoms with E-state index in [1.165, 1.54) is 18.4 Å². The van der Waals surface area contributed by atoms with Gasteiger partial charge in [0.2, 0.25) is 0 Å². The maximum atomic E-state index is 13.1. The van der Waals surface area contributed by atoms with Crippen molar-refractivity contribution in [1.29, 1.82) is 0 Å². The number of nitrogens with zero attached hydrogens (tertiary/aromatic N) is 2. The Morgan fingerprint density at radius 2 is 1.93 bits per heavy atom. The number of fused-ring (bicyclic) bond motifs is 1. The van der Waals surface area contributed by atoms with Crippen molar-refractivity contribution in [3.8, 4) is 11.5 Å². The van der Waals surface area contributed by atoms with Crippen molar-refractivity contribution in [2.24, 2.45) is 0 Å². The average molecular weight is 412 g/mol. The van der Waals surface area contributed by atoms with Gasteiger partial charge in [-0.25, -0.2) is 4.39 Å². The summed E-state index contributed by atoms with van der Waals surface area (Å²) in [6.45, 7) is 6.12. The van der Waals surface area contributed by atoms with Crippen LogP contribution in [-0.2, 0) is 11.3 Å². The fourth-order valence-corrected chi connectivity index (χ4v) is 3.90. The van der Waals surface area contributed by atoms with Gasteiger partial charge in [0.25, 0.3) is 5.91 Å². The lowest BCUT2D eigenvalue weighted by Crippen LogP contribution is -2.58.